The number of benzene rings is 1. The maximum atomic E-state index is 13.0. The Kier molecular flexibility index (Phi) is 6.86. The van der Waals surface area contributed by atoms with Crippen LogP contribution in [0.2, 0.25) is 0 Å². The number of aromatic amines is 1. The van der Waals surface area contributed by atoms with E-state index >= 15 is 0 Å². The van der Waals surface area contributed by atoms with Crippen LogP contribution in [0.1, 0.15) is 18.1 Å². The number of hydrogen-bond donors (Lipinski definition) is 2. The number of rotatable bonds is 8. The number of nitrogen functional groups attached to an aromatic ring is 1. The van der Waals surface area contributed by atoms with Crippen molar-refractivity contribution in [2.75, 3.05) is 30.8 Å². The zero-order valence-electron chi connectivity index (χ0n) is 17.0. The zero-order chi connectivity index (χ0) is 21.7. The quantitative estimate of drug-likeness (QED) is 0.570. The van der Waals surface area contributed by atoms with Gasteiger partial charge >= 0.3 is 5.69 Å². The number of aromatic nitrogens is 2. The van der Waals surface area contributed by atoms with Crippen LogP contribution in [0, 0.1) is 0 Å². The first kappa shape index (κ1) is 21.5. The van der Waals surface area contributed by atoms with Crippen molar-refractivity contribution in [3.63, 3.8) is 0 Å². The average Bonchev–Trinajstić information content (AvgIpc) is 3.21. The second kappa shape index (κ2) is 9.55. The van der Waals surface area contributed by atoms with Gasteiger partial charge < -0.3 is 10.6 Å². The topological polar surface area (TPSA) is 104 Å². The van der Waals surface area contributed by atoms with Crippen LogP contribution in [0.5, 0.6) is 0 Å². The predicted molar refractivity (Wildman–Crippen MR) is 120 cm³/mol. The van der Waals surface area contributed by atoms with Gasteiger partial charge in [0.25, 0.3) is 5.56 Å². The number of nitrogens with two attached hydrogens (primary N) is 1. The summed E-state index contributed by atoms with van der Waals surface area (Å²) in [5, 5.41) is 4.01. The van der Waals surface area contributed by atoms with Crippen molar-refractivity contribution < 1.29 is 4.79 Å². The summed E-state index contributed by atoms with van der Waals surface area (Å²) < 4.78 is 1.27. The van der Waals surface area contributed by atoms with Crippen LogP contribution < -0.4 is 21.9 Å². The molecule has 0 aliphatic heterocycles. The van der Waals surface area contributed by atoms with Gasteiger partial charge in [-0.1, -0.05) is 30.3 Å². The molecule has 0 aliphatic carbocycles. The SMILES string of the molecule is CCN(C(=O)CN(C)Cc1ccsc1)c1c(N)n(Cc2ccccc2)c(=O)[nH]c1=O. The molecule has 0 fully saturated rings. The monoisotopic (exact) mass is 427 g/mol. The third-order valence-electron chi connectivity index (χ3n) is 4.72. The fourth-order valence-corrected chi connectivity index (χ4v) is 3.95. The van der Waals surface area contributed by atoms with Crippen LogP contribution in [0.3, 0.4) is 0 Å². The molecule has 1 aromatic carbocycles. The molecular formula is C21H25N5O3S. The van der Waals surface area contributed by atoms with E-state index in [0.29, 0.717) is 6.54 Å². The highest BCUT2D eigenvalue weighted by atomic mass is 32.1. The minimum atomic E-state index is -0.669. The van der Waals surface area contributed by atoms with Crippen LogP contribution in [0.4, 0.5) is 11.5 Å². The normalized spacial score (nSPS) is 11.0. The zero-order valence-corrected chi connectivity index (χ0v) is 17.8. The predicted octanol–water partition coefficient (Wildman–Crippen LogP) is 1.71. The molecule has 3 aromatic rings. The molecule has 0 radical (unpaired) electrons. The van der Waals surface area contributed by atoms with Crippen LogP contribution in [0.15, 0.2) is 56.7 Å². The second-order valence-corrected chi connectivity index (χ2v) is 7.79. The first-order valence-corrected chi connectivity index (χ1v) is 10.5. The third-order valence-corrected chi connectivity index (χ3v) is 5.45. The van der Waals surface area contributed by atoms with Gasteiger partial charge in [0.05, 0.1) is 13.1 Å². The van der Waals surface area contributed by atoms with Gasteiger partial charge in [0.1, 0.15) is 5.82 Å². The molecule has 158 valence electrons. The third kappa shape index (κ3) is 4.87. The Morgan fingerprint density at radius 1 is 1.17 bits per heavy atom. The van der Waals surface area contributed by atoms with Crippen molar-refractivity contribution in [1.29, 1.82) is 0 Å². The Morgan fingerprint density at radius 3 is 2.53 bits per heavy atom. The lowest BCUT2D eigenvalue weighted by Gasteiger charge is -2.25. The summed E-state index contributed by atoms with van der Waals surface area (Å²) in [6.07, 6.45) is 0. The fraction of sp³-hybridized carbons (Fsp3) is 0.286. The van der Waals surface area contributed by atoms with Crippen molar-refractivity contribution in [1.82, 2.24) is 14.5 Å². The summed E-state index contributed by atoms with van der Waals surface area (Å²) in [7, 11) is 1.84. The van der Waals surface area contributed by atoms with Crippen molar-refractivity contribution in [3.05, 3.63) is 79.1 Å². The summed E-state index contributed by atoms with van der Waals surface area (Å²) in [6, 6.07) is 11.3. The Hall–Kier alpha value is -3.17. The number of nitrogens with one attached hydrogen (secondary N) is 1. The van der Waals surface area contributed by atoms with E-state index in [0.717, 1.165) is 11.1 Å². The lowest BCUT2D eigenvalue weighted by atomic mass is 10.2. The Labute approximate surface area is 178 Å². The fourth-order valence-electron chi connectivity index (χ4n) is 3.29. The molecule has 1 amide bonds. The molecule has 2 aromatic heterocycles. The molecule has 0 aliphatic rings. The summed E-state index contributed by atoms with van der Waals surface area (Å²) in [5.41, 5.74) is 6.92. The van der Waals surface area contributed by atoms with Gasteiger partial charge in [-0.05, 0) is 41.9 Å². The molecule has 9 heteroatoms. The van der Waals surface area contributed by atoms with Crippen molar-refractivity contribution in [2.45, 2.75) is 20.0 Å². The Bertz CT molecular complexity index is 1110. The van der Waals surface area contributed by atoms with Crippen molar-refractivity contribution in [2.24, 2.45) is 0 Å². The minimum Gasteiger partial charge on any atom is -0.383 e. The maximum absolute atomic E-state index is 13.0. The van der Waals surface area contributed by atoms with Crippen LogP contribution in [-0.2, 0) is 17.9 Å². The number of carbonyl (C=O) groups is 1. The van der Waals surface area contributed by atoms with Crippen molar-refractivity contribution >= 4 is 28.7 Å². The highest BCUT2D eigenvalue weighted by Crippen LogP contribution is 2.18. The molecule has 0 atom stereocenters. The summed E-state index contributed by atoms with van der Waals surface area (Å²) in [5.74, 6) is -0.291. The van der Waals surface area contributed by atoms with E-state index in [1.54, 1.807) is 18.3 Å². The lowest BCUT2D eigenvalue weighted by Crippen LogP contribution is -2.44. The van der Waals surface area contributed by atoms with Crippen LogP contribution in [-0.4, -0.2) is 40.5 Å². The molecule has 30 heavy (non-hydrogen) atoms. The van der Waals surface area contributed by atoms with Gasteiger partial charge in [0.15, 0.2) is 5.69 Å². The van der Waals surface area contributed by atoms with E-state index < -0.39 is 11.2 Å². The molecule has 0 saturated carbocycles. The van der Waals surface area contributed by atoms with Gasteiger partial charge in [-0.3, -0.25) is 24.0 Å². The largest absolute Gasteiger partial charge is 0.383 e. The highest BCUT2D eigenvalue weighted by molar-refractivity contribution is 7.07. The van der Waals surface area contributed by atoms with E-state index in [-0.39, 0.29) is 37.0 Å². The second-order valence-electron chi connectivity index (χ2n) is 7.01. The number of nitrogens with zero attached hydrogens (tertiary/aromatic N) is 3. The smallest absolute Gasteiger partial charge is 0.330 e. The van der Waals surface area contributed by atoms with Gasteiger partial charge in [0.2, 0.25) is 5.91 Å². The first-order valence-electron chi connectivity index (χ1n) is 9.57. The number of thiophene rings is 1. The van der Waals surface area contributed by atoms with E-state index in [4.69, 9.17) is 5.73 Å². The summed E-state index contributed by atoms with van der Waals surface area (Å²) >= 11 is 1.60. The Balaban J connectivity index is 1.88. The van der Waals surface area contributed by atoms with Crippen LogP contribution >= 0.6 is 11.3 Å². The average molecular weight is 428 g/mol. The van der Waals surface area contributed by atoms with Crippen molar-refractivity contribution in [3.8, 4) is 0 Å². The number of H-pyrrole nitrogens is 1. The number of likely N-dealkylation sites (N-methyl/N-ethyl adjacent to an activating group) is 2. The van der Waals surface area contributed by atoms with Gasteiger partial charge in [-0.15, -0.1) is 0 Å². The number of hydrogen-bond acceptors (Lipinski definition) is 6. The minimum absolute atomic E-state index is 0.00182. The lowest BCUT2D eigenvalue weighted by molar-refractivity contribution is -0.119. The standard InChI is InChI=1S/C21H25N5O3S/c1-3-25(17(27)13-24(2)11-16-9-10-30-14-16)18-19(22)26(21(29)23-20(18)28)12-15-7-5-4-6-8-15/h4-10,14H,3,11-13,22H2,1-2H3,(H,23,28,29). The van der Waals surface area contributed by atoms with E-state index in [1.165, 1.54) is 9.47 Å². The van der Waals surface area contributed by atoms with Gasteiger partial charge in [-0.2, -0.15) is 11.3 Å². The maximum Gasteiger partial charge on any atom is 0.330 e. The summed E-state index contributed by atoms with van der Waals surface area (Å²) in [4.78, 5) is 43.4. The molecule has 3 N–H and O–H groups in total. The molecular weight excluding hydrogens is 402 g/mol. The molecule has 0 bridgehead atoms. The molecule has 8 nitrogen and oxygen atoms in total. The van der Waals surface area contributed by atoms with Crippen LogP contribution in [0.25, 0.3) is 0 Å². The number of anilines is 2. The van der Waals surface area contributed by atoms with E-state index in [1.807, 2.05) is 59.1 Å². The van der Waals surface area contributed by atoms with Gasteiger partial charge in [0, 0.05) is 13.1 Å². The number of carbonyl (C=O) groups excluding carboxylic acids is 1. The molecule has 0 saturated heterocycles. The molecule has 0 unspecified atom stereocenters. The van der Waals surface area contributed by atoms with E-state index in [9.17, 15) is 14.4 Å². The molecule has 0 spiro atoms. The molecule has 2 heterocycles. The first-order chi connectivity index (χ1) is 14.4. The van der Waals surface area contributed by atoms with E-state index in [2.05, 4.69) is 4.98 Å². The number of amides is 1. The Morgan fingerprint density at radius 2 is 1.90 bits per heavy atom. The summed E-state index contributed by atoms with van der Waals surface area (Å²) in [6.45, 7) is 2.94. The molecule has 3 rings (SSSR count). The highest BCUT2D eigenvalue weighted by Gasteiger charge is 2.24. The van der Waals surface area contributed by atoms with Gasteiger partial charge in [-0.25, -0.2) is 4.79 Å².